The first-order chi connectivity index (χ1) is 11.5. The van der Waals surface area contributed by atoms with E-state index in [-0.39, 0.29) is 12.2 Å². The highest BCUT2D eigenvalue weighted by Gasteiger charge is 2.21. The molecule has 3 aromatic heterocycles. The van der Waals surface area contributed by atoms with Crippen molar-refractivity contribution in [2.75, 3.05) is 6.61 Å². The molecule has 0 aliphatic rings. The van der Waals surface area contributed by atoms with Crippen LogP contribution in [0.4, 0.5) is 0 Å². The maximum Gasteiger partial charge on any atom is 0.348 e. The largest absolute Gasteiger partial charge is 0.462 e. The molecule has 124 valence electrons. The Morgan fingerprint density at radius 2 is 2.25 bits per heavy atom. The third-order valence-electron chi connectivity index (χ3n) is 3.41. The Morgan fingerprint density at radius 3 is 2.92 bits per heavy atom. The average Bonchev–Trinajstić information content (AvgIpc) is 3.15. The van der Waals surface area contributed by atoms with Gasteiger partial charge in [0.2, 0.25) is 0 Å². The number of aromatic nitrogens is 2. The number of aryl methyl sites for hydroxylation is 2. The Kier molecular flexibility index (Phi) is 4.59. The van der Waals surface area contributed by atoms with Crippen molar-refractivity contribution in [3.8, 4) is 0 Å². The van der Waals surface area contributed by atoms with Crippen LogP contribution in [0.2, 0.25) is 0 Å². The molecule has 0 spiro atoms. The Morgan fingerprint density at radius 1 is 1.46 bits per heavy atom. The number of ether oxygens (including phenoxy) is 1. The molecule has 3 rings (SSSR count). The van der Waals surface area contributed by atoms with Crippen molar-refractivity contribution in [2.45, 2.75) is 20.8 Å². The van der Waals surface area contributed by atoms with Crippen molar-refractivity contribution in [1.82, 2.24) is 9.66 Å². The number of fused-ring (bicyclic) bond motifs is 1. The topological polar surface area (TPSA) is 73.5 Å². The van der Waals surface area contributed by atoms with Gasteiger partial charge in [-0.25, -0.2) is 9.78 Å². The minimum absolute atomic E-state index is 0.283. The molecule has 0 bridgehead atoms. The molecular formula is C16H15N3O3S2. The minimum atomic E-state index is -0.427. The molecule has 0 aliphatic heterocycles. The number of carbonyl (C=O) groups excluding carboxylic acids is 1. The van der Waals surface area contributed by atoms with Crippen LogP contribution in [0, 0.1) is 13.8 Å². The zero-order valence-corrected chi connectivity index (χ0v) is 15.0. The van der Waals surface area contributed by atoms with Crippen LogP contribution in [0.3, 0.4) is 0 Å². The third-order valence-corrected chi connectivity index (χ3v) is 5.38. The first-order valence-electron chi connectivity index (χ1n) is 7.30. The van der Waals surface area contributed by atoms with Gasteiger partial charge in [0.05, 0.1) is 18.2 Å². The molecule has 0 amide bonds. The number of carbonyl (C=O) groups is 1. The molecule has 0 aromatic carbocycles. The molecular weight excluding hydrogens is 346 g/mol. The predicted octanol–water partition coefficient (Wildman–Crippen LogP) is 3.20. The van der Waals surface area contributed by atoms with Crippen LogP contribution in [-0.4, -0.2) is 28.5 Å². The molecule has 0 atom stereocenters. The van der Waals surface area contributed by atoms with Crippen LogP contribution in [0.1, 0.15) is 32.9 Å². The monoisotopic (exact) mass is 361 g/mol. The molecule has 0 unspecified atom stereocenters. The number of thiophene rings is 2. The molecule has 3 aromatic rings. The van der Waals surface area contributed by atoms with E-state index in [1.54, 1.807) is 27.0 Å². The molecule has 0 saturated heterocycles. The van der Waals surface area contributed by atoms with Crippen LogP contribution in [0.25, 0.3) is 10.2 Å². The Labute approximate surface area is 146 Å². The second-order valence-electron chi connectivity index (χ2n) is 4.99. The molecule has 3 heterocycles. The van der Waals surface area contributed by atoms with Crippen LogP contribution in [-0.2, 0) is 4.74 Å². The van der Waals surface area contributed by atoms with Gasteiger partial charge in [-0.05, 0) is 37.8 Å². The molecule has 0 saturated carbocycles. The van der Waals surface area contributed by atoms with Gasteiger partial charge in [-0.1, -0.05) is 6.07 Å². The highest BCUT2D eigenvalue weighted by molar-refractivity contribution is 7.20. The minimum Gasteiger partial charge on any atom is -0.462 e. The maximum atomic E-state index is 12.8. The van der Waals surface area contributed by atoms with Crippen molar-refractivity contribution in [2.24, 2.45) is 5.10 Å². The number of esters is 1. The summed E-state index contributed by atoms with van der Waals surface area (Å²) in [5.41, 5.74) is 0.306. The summed E-state index contributed by atoms with van der Waals surface area (Å²) in [5.74, 6) is 0.0423. The van der Waals surface area contributed by atoms with Gasteiger partial charge in [-0.15, -0.1) is 22.7 Å². The summed E-state index contributed by atoms with van der Waals surface area (Å²) in [6.07, 6.45) is 1.63. The van der Waals surface area contributed by atoms with E-state index in [4.69, 9.17) is 4.74 Å². The summed E-state index contributed by atoms with van der Waals surface area (Å²) >= 11 is 2.71. The first-order valence-corrected chi connectivity index (χ1v) is 9.00. The second-order valence-corrected chi connectivity index (χ2v) is 6.97. The van der Waals surface area contributed by atoms with Gasteiger partial charge in [-0.3, -0.25) is 4.79 Å². The lowest BCUT2D eigenvalue weighted by atomic mass is 10.2. The Balaban J connectivity index is 2.14. The van der Waals surface area contributed by atoms with Crippen LogP contribution < -0.4 is 5.56 Å². The number of hydrogen-bond acceptors (Lipinski definition) is 7. The van der Waals surface area contributed by atoms with E-state index in [0.717, 1.165) is 4.88 Å². The van der Waals surface area contributed by atoms with Gasteiger partial charge in [0, 0.05) is 4.88 Å². The highest BCUT2D eigenvalue weighted by atomic mass is 32.1. The normalized spacial score (nSPS) is 11.5. The van der Waals surface area contributed by atoms with E-state index in [2.05, 4.69) is 10.1 Å². The van der Waals surface area contributed by atoms with Gasteiger partial charge in [0.15, 0.2) is 0 Å². The summed E-state index contributed by atoms with van der Waals surface area (Å²) < 4.78 is 6.30. The first kappa shape index (κ1) is 16.5. The van der Waals surface area contributed by atoms with Crippen LogP contribution >= 0.6 is 22.7 Å². The zero-order chi connectivity index (χ0) is 17.3. The van der Waals surface area contributed by atoms with Crippen molar-refractivity contribution in [3.05, 3.63) is 49.0 Å². The molecule has 0 N–H and O–H groups in total. The van der Waals surface area contributed by atoms with Crippen molar-refractivity contribution in [3.63, 3.8) is 0 Å². The summed E-state index contributed by atoms with van der Waals surface area (Å²) in [5, 5.41) is 6.60. The summed E-state index contributed by atoms with van der Waals surface area (Å²) in [4.78, 5) is 31.1. The van der Waals surface area contributed by atoms with E-state index in [9.17, 15) is 9.59 Å². The zero-order valence-electron chi connectivity index (χ0n) is 13.4. The van der Waals surface area contributed by atoms with Gasteiger partial charge in [-0.2, -0.15) is 9.78 Å². The van der Waals surface area contributed by atoms with Crippen molar-refractivity contribution in [1.29, 1.82) is 0 Å². The summed E-state index contributed by atoms with van der Waals surface area (Å²) in [6.45, 7) is 5.48. The van der Waals surface area contributed by atoms with Gasteiger partial charge in [0.25, 0.3) is 5.56 Å². The molecule has 24 heavy (non-hydrogen) atoms. The van der Waals surface area contributed by atoms with Crippen LogP contribution in [0.15, 0.2) is 27.4 Å². The fourth-order valence-corrected chi connectivity index (χ4v) is 3.97. The lowest BCUT2D eigenvalue weighted by Crippen LogP contribution is -2.20. The smallest absolute Gasteiger partial charge is 0.348 e. The SMILES string of the molecule is CCOC(=O)c1sc2nc(C)n(/N=C\c3cccs3)c(=O)c2c1C. The quantitative estimate of drug-likeness (QED) is 0.528. The summed E-state index contributed by atoms with van der Waals surface area (Å²) in [7, 11) is 0. The number of nitrogens with zero attached hydrogens (tertiary/aromatic N) is 3. The molecule has 8 heteroatoms. The second kappa shape index (κ2) is 6.66. The van der Waals surface area contributed by atoms with E-state index in [1.165, 1.54) is 27.3 Å². The number of hydrogen-bond donors (Lipinski definition) is 0. The lowest BCUT2D eigenvalue weighted by Gasteiger charge is -2.03. The van der Waals surface area contributed by atoms with E-state index < -0.39 is 5.97 Å². The molecule has 0 aliphatic carbocycles. The molecule has 0 radical (unpaired) electrons. The molecule has 6 nitrogen and oxygen atoms in total. The van der Waals surface area contributed by atoms with Gasteiger partial charge >= 0.3 is 5.97 Å². The Bertz CT molecular complexity index is 984. The van der Waals surface area contributed by atoms with Gasteiger partial charge in [0.1, 0.15) is 15.5 Å². The standard InChI is InChI=1S/C16H15N3O3S2/c1-4-22-16(21)13-9(2)12-14(24-13)18-10(3)19(15(12)20)17-8-11-6-5-7-23-11/h5-8H,4H2,1-3H3/b17-8-. The third kappa shape index (κ3) is 2.90. The van der Waals surface area contributed by atoms with Crippen LogP contribution in [0.5, 0.6) is 0 Å². The number of rotatable bonds is 4. The summed E-state index contributed by atoms with van der Waals surface area (Å²) in [6, 6.07) is 3.83. The fraction of sp³-hybridized carbons (Fsp3) is 0.250. The predicted molar refractivity (Wildman–Crippen MR) is 96.6 cm³/mol. The van der Waals surface area contributed by atoms with Crippen molar-refractivity contribution < 1.29 is 9.53 Å². The van der Waals surface area contributed by atoms with E-state index >= 15 is 0 Å². The maximum absolute atomic E-state index is 12.8. The average molecular weight is 361 g/mol. The van der Waals surface area contributed by atoms with E-state index in [0.29, 0.717) is 26.5 Å². The van der Waals surface area contributed by atoms with E-state index in [1.807, 2.05) is 17.5 Å². The van der Waals surface area contributed by atoms with Gasteiger partial charge < -0.3 is 4.74 Å². The highest BCUT2D eigenvalue weighted by Crippen LogP contribution is 2.28. The van der Waals surface area contributed by atoms with Crippen molar-refractivity contribution >= 4 is 45.1 Å². The Hall–Kier alpha value is -2.32. The fourth-order valence-electron chi connectivity index (χ4n) is 2.28. The lowest BCUT2D eigenvalue weighted by molar-refractivity contribution is 0.0531. The molecule has 0 fully saturated rings.